The van der Waals surface area contributed by atoms with E-state index in [2.05, 4.69) is 17.0 Å². The van der Waals surface area contributed by atoms with Crippen LogP contribution < -0.4 is 5.32 Å². The third-order valence-electron chi connectivity index (χ3n) is 3.85. The molecule has 0 heterocycles. The maximum absolute atomic E-state index is 11.0. The lowest BCUT2D eigenvalue weighted by Crippen LogP contribution is -2.37. The van der Waals surface area contributed by atoms with Gasteiger partial charge in [-0.3, -0.25) is 4.79 Å². The van der Waals surface area contributed by atoms with E-state index in [1.54, 1.807) is 0 Å². The highest BCUT2D eigenvalue weighted by molar-refractivity contribution is 5.69. The number of esters is 1. The molecule has 100 valence electrons. The minimum atomic E-state index is -0.0995. The van der Waals surface area contributed by atoms with Crippen LogP contribution in [-0.2, 0) is 9.53 Å². The first-order valence-electron chi connectivity index (χ1n) is 7.08. The molecule has 0 spiro atoms. The predicted octanol–water partition coefficient (Wildman–Crippen LogP) is 2.89. The fourth-order valence-electron chi connectivity index (χ4n) is 2.80. The third-order valence-corrected chi connectivity index (χ3v) is 3.85. The van der Waals surface area contributed by atoms with E-state index < -0.39 is 0 Å². The van der Waals surface area contributed by atoms with Crippen LogP contribution in [0.5, 0.6) is 0 Å². The fraction of sp³-hybridized carbons (Fsp3) is 0.929. The highest BCUT2D eigenvalue weighted by Crippen LogP contribution is 2.27. The Morgan fingerprint density at radius 1 is 1.35 bits per heavy atom. The number of carbonyl (C=O) groups excluding carboxylic acids is 1. The highest BCUT2D eigenvalue weighted by atomic mass is 16.5. The largest absolute Gasteiger partial charge is 0.469 e. The van der Waals surface area contributed by atoms with E-state index in [9.17, 15) is 4.79 Å². The highest BCUT2D eigenvalue weighted by Gasteiger charge is 2.21. The molecule has 1 aliphatic carbocycles. The molecule has 0 aromatic heterocycles. The molecule has 0 aliphatic heterocycles. The maximum Gasteiger partial charge on any atom is 0.305 e. The van der Waals surface area contributed by atoms with Crippen LogP contribution in [0.15, 0.2) is 0 Å². The number of hydrogen-bond acceptors (Lipinski definition) is 3. The van der Waals surface area contributed by atoms with Crippen molar-refractivity contribution in [3.63, 3.8) is 0 Å². The van der Waals surface area contributed by atoms with Crippen LogP contribution in [0.2, 0.25) is 0 Å². The summed E-state index contributed by atoms with van der Waals surface area (Å²) < 4.78 is 4.63. The van der Waals surface area contributed by atoms with Crippen molar-refractivity contribution in [3.8, 4) is 0 Å². The first-order chi connectivity index (χ1) is 8.27. The van der Waals surface area contributed by atoms with Gasteiger partial charge in [-0.2, -0.15) is 0 Å². The number of rotatable bonds is 7. The van der Waals surface area contributed by atoms with E-state index in [1.807, 2.05) is 0 Å². The molecule has 0 saturated heterocycles. The van der Waals surface area contributed by atoms with Crippen LogP contribution in [0.3, 0.4) is 0 Å². The molecule has 3 heteroatoms. The van der Waals surface area contributed by atoms with Gasteiger partial charge in [0, 0.05) is 12.5 Å². The lowest BCUT2D eigenvalue weighted by atomic mass is 9.83. The van der Waals surface area contributed by atoms with Crippen LogP contribution in [0.1, 0.15) is 58.3 Å². The van der Waals surface area contributed by atoms with Gasteiger partial charge in [0.15, 0.2) is 0 Å². The summed E-state index contributed by atoms with van der Waals surface area (Å²) in [5, 5.41) is 3.61. The zero-order valence-electron chi connectivity index (χ0n) is 11.3. The van der Waals surface area contributed by atoms with Gasteiger partial charge in [-0.15, -0.1) is 0 Å². The number of hydrogen-bond donors (Lipinski definition) is 1. The summed E-state index contributed by atoms with van der Waals surface area (Å²) in [4.78, 5) is 11.0. The van der Waals surface area contributed by atoms with Crippen LogP contribution in [0.25, 0.3) is 0 Å². The molecule has 1 fully saturated rings. The van der Waals surface area contributed by atoms with Crippen LogP contribution in [0, 0.1) is 5.92 Å². The Morgan fingerprint density at radius 3 is 2.65 bits per heavy atom. The third kappa shape index (κ3) is 5.53. The summed E-state index contributed by atoms with van der Waals surface area (Å²) in [6, 6.07) is 0.646. The second-order valence-electron chi connectivity index (χ2n) is 5.05. The zero-order chi connectivity index (χ0) is 12.5. The molecule has 1 unspecified atom stereocenters. The number of methoxy groups -OCH3 is 1. The van der Waals surface area contributed by atoms with E-state index in [0.29, 0.717) is 12.5 Å². The molecule has 0 bridgehead atoms. The number of nitrogens with one attached hydrogen (secondary N) is 1. The topological polar surface area (TPSA) is 38.3 Å². The molecule has 0 aromatic rings. The van der Waals surface area contributed by atoms with E-state index in [-0.39, 0.29) is 5.97 Å². The molecule has 1 N–H and O–H groups in total. The average Bonchev–Trinajstić information content (AvgIpc) is 2.39. The van der Waals surface area contributed by atoms with Crippen molar-refractivity contribution in [1.29, 1.82) is 0 Å². The van der Waals surface area contributed by atoms with Gasteiger partial charge in [-0.1, -0.05) is 26.2 Å². The molecule has 0 amide bonds. The summed E-state index contributed by atoms with van der Waals surface area (Å²) in [6.07, 6.45) is 9.57. The summed E-state index contributed by atoms with van der Waals surface area (Å²) in [5.74, 6) is 0.754. The van der Waals surface area contributed by atoms with Crippen molar-refractivity contribution < 1.29 is 9.53 Å². The lowest BCUT2D eigenvalue weighted by molar-refractivity contribution is -0.140. The van der Waals surface area contributed by atoms with Crippen molar-refractivity contribution in [3.05, 3.63) is 0 Å². The van der Waals surface area contributed by atoms with Crippen molar-refractivity contribution in [2.24, 2.45) is 5.92 Å². The maximum atomic E-state index is 11.0. The second kappa shape index (κ2) is 8.51. The fourth-order valence-corrected chi connectivity index (χ4v) is 2.80. The Hall–Kier alpha value is -0.570. The summed E-state index contributed by atoms with van der Waals surface area (Å²) in [6.45, 7) is 3.19. The summed E-state index contributed by atoms with van der Waals surface area (Å²) in [5.41, 5.74) is 0. The van der Waals surface area contributed by atoms with Crippen LogP contribution >= 0.6 is 0 Å². The molecule has 1 saturated carbocycles. The van der Waals surface area contributed by atoms with Gasteiger partial charge in [-0.05, 0) is 38.1 Å². The molecular weight excluding hydrogens is 214 g/mol. The second-order valence-corrected chi connectivity index (χ2v) is 5.05. The molecule has 0 aromatic carbocycles. The van der Waals surface area contributed by atoms with Crippen molar-refractivity contribution in [2.75, 3.05) is 13.7 Å². The molecule has 3 nitrogen and oxygen atoms in total. The van der Waals surface area contributed by atoms with Gasteiger partial charge < -0.3 is 10.1 Å². The smallest absolute Gasteiger partial charge is 0.305 e. The Labute approximate surface area is 105 Å². The van der Waals surface area contributed by atoms with E-state index >= 15 is 0 Å². The minimum absolute atomic E-state index is 0.0995. The molecular formula is C14H27NO2. The Morgan fingerprint density at radius 2 is 2.06 bits per heavy atom. The van der Waals surface area contributed by atoms with E-state index in [1.165, 1.54) is 45.6 Å². The minimum Gasteiger partial charge on any atom is -0.469 e. The number of carbonyl (C=O) groups is 1. The number of ether oxygens (including phenoxy) is 1. The Balaban J connectivity index is 2.15. The van der Waals surface area contributed by atoms with Gasteiger partial charge in [0.1, 0.15) is 0 Å². The molecule has 0 radical (unpaired) electrons. The predicted molar refractivity (Wildman–Crippen MR) is 69.9 cm³/mol. The lowest BCUT2D eigenvalue weighted by Gasteiger charge is -2.30. The van der Waals surface area contributed by atoms with Crippen molar-refractivity contribution in [2.45, 2.75) is 64.3 Å². The molecule has 17 heavy (non-hydrogen) atoms. The normalized spacial score (nSPS) is 18.9. The van der Waals surface area contributed by atoms with Crippen LogP contribution in [-0.4, -0.2) is 25.7 Å². The first-order valence-corrected chi connectivity index (χ1v) is 7.08. The SMILES string of the molecule is CCC(NCCCC(=O)OC)C1CCCCC1. The molecule has 1 atom stereocenters. The van der Waals surface area contributed by atoms with E-state index in [0.717, 1.165) is 18.9 Å². The average molecular weight is 241 g/mol. The van der Waals surface area contributed by atoms with Gasteiger partial charge >= 0.3 is 5.97 Å². The summed E-state index contributed by atoms with van der Waals surface area (Å²) in [7, 11) is 1.45. The summed E-state index contributed by atoms with van der Waals surface area (Å²) >= 11 is 0. The van der Waals surface area contributed by atoms with Gasteiger partial charge in [-0.25, -0.2) is 0 Å². The Kier molecular flexibility index (Phi) is 7.25. The van der Waals surface area contributed by atoms with Crippen molar-refractivity contribution >= 4 is 5.97 Å². The molecule has 1 aliphatic rings. The van der Waals surface area contributed by atoms with Gasteiger partial charge in [0.25, 0.3) is 0 Å². The standard InChI is InChI=1S/C14H27NO2/c1-3-13(12-8-5-4-6-9-12)15-11-7-10-14(16)17-2/h12-13,15H,3-11H2,1-2H3. The zero-order valence-corrected chi connectivity index (χ0v) is 11.3. The Bertz CT molecular complexity index is 212. The molecule has 1 rings (SSSR count). The monoisotopic (exact) mass is 241 g/mol. The van der Waals surface area contributed by atoms with Gasteiger partial charge in [0.2, 0.25) is 0 Å². The van der Waals surface area contributed by atoms with Gasteiger partial charge in [0.05, 0.1) is 7.11 Å². The van der Waals surface area contributed by atoms with Crippen LogP contribution in [0.4, 0.5) is 0 Å². The first kappa shape index (κ1) is 14.5. The van der Waals surface area contributed by atoms with Crippen molar-refractivity contribution in [1.82, 2.24) is 5.32 Å². The van der Waals surface area contributed by atoms with E-state index in [4.69, 9.17) is 0 Å². The quantitative estimate of drug-likeness (QED) is 0.550.